The molecule has 1 atom stereocenters. The second kappa shape index (κ2) is 12.7. The monoisotopic (exact) mass is 460 g/mol. The topological polar surface area (TPSA) is 68.8 Å². The van der Waals surface area contributed by atoms with Crippen LogP contribution in [0.4, 0.5) is 11.4 Å². The third kappa shape index (κ3) is 7.81. The standard InChI is InChI=1S/C28H32N2O4/c31-28(30-24-12-5-14-26(19-24)34-21-27-15-7-17-33-27)20-29-23-11-4-13-25(18-23)32-16-6-10-22-8-2-1-3-9-22/h1-5,8-9,11-14,18-19,27,29H,6-7,10,15-17,20-21H2,(H,30,31). The van der Waals surface area contributed by atoms with Crippen LogP contribution >= 0.6 is 0 Å². The smallest absolute Gasteiger partial charge is 0.243 e. The van der Waals surface area contributed by atoms with Crippen molar-refractivity contribution in [2.24, 2.45) is 0 Å². The highest BCUT2D eigenvalue weighted by molar-refractivity contribution is 5.93. The van der Waals surface area contributed by atoms with Gasteiger partial charge < -0.3 is 24.8 Å². The van der Waals surface area contributed by atoms with Gasteiger partial charge in [0, 0.05) is 30.1 Å². The first kappa shape index (κ1) is 23.6. The summed E-state index contributed by atoms with van der Waals surface area (Å²) < 4.78 is 17.3. The molecule has 1 amide bonds. The predicted octanol–water partition coefficient (Wildman–Crippen LogP) is 5.31. The number of hydrogen-bond donors (Lipinski definition) is 2. The van der Waals surface area contributed by atoms with Crippen LogP contribution in [0.1, 0.15) is 24.8 Å². The van der Waals surface area contributed by atoms with E-state index in [1.165, 1.54) is 5.56 Å². The molecule has 0 aliphatic carbocycles. The van der Waals surface area contributed by atoms with Gasteiger partial charge in [0.2, 0.25) is 5.91 Å². The van der Waals surface area contributed by atoms with Gasteiger partial charge in [0.25, 0.3) is 0 Å². The average molecular weight is 461 g/mol. The Morgan fingerprint density at radius 3 is 2.47 bits per heavy atom. The molecule has 3 aromatic rings. The molecule has 0 bridgehead atoms. The van der Waals surface area contributed by atoms with Crippen LogP contribution in [-0.4, -0.2) is 38.4 Å². The molecule has 1 fully saturated rings. The van der Waals surface area contributed by atoms with Crippen molar-refractivity contribution >= 4 is 17.3 Å². The van der Waals surface area contributed by atoms with Crippen molar-refractivity contribution in [3.63, 3.8) is 0 Å². The summed E-state index contributed by atoms with van der Waals surface area (Å²) in [5.41, 5.74) is 2.85. The van der Waals surface area contributed by atoms with Crippen LogP contribution in [0.3, 0.4) is 0 Å². The fourth-order valence-corrected chi connectivity index (χ4v) is 3.82. The summed E-state index contributed by atoms with van der Waals surface area (Å²) in [5, 5.41) is 6.07. The van der Waals surface area contributed by atoms with Gasteiger partial charge in [-0.25, -0.2) is 0 Å². The number of nitrogens with one attached hydrogen (secondary N) is 2. The van der Waals surface area contributed by atoms with E-state index in [-0.39, 0.29) is 18.6 Å². The number of hydrogen-bond acceptors (Lipinski definition) is 5. The molecule has 6 heteroatoms. The minimum absolute atomic E-state index is 0.134. The summed E-state index contributed by atoms with van der Waals surface area (Å²) in [6.45, 7) is 2.13. The van der Waals surface area contributed by atoms with Gasteiger partial charge in [-0.2, -0.15) is 0 Å². The maximum Gasteiger partial charge on any atom is 0.243 e. The molecule has 0 saturated carbocycles. The molecule has 1 saturated heterocycles. The Morgan fingerprint density at radius 1 is 0.912 bits per heavy atom. The van der Waals surface area contributed by atoms with Gasteiger partial charge in [-0.1, -0.05) is 42.5 Å². The van der Waals surface area contributed by atoms with E-state index in [0.29, 0.717) is 18.9 Å². The molecule has 3 aromatic carbocycles. The zero-order chi connectivity index (χ0) is 23.4. The molecule has 6 nitrogen and oxygen atoms in total. The van der Waals surface area contributed by atoms with E-state index in [1.54, 1.807) is 0 Å². The van der Waals surface area contributed by atoms with Crippen LogP contribution in [-0.2, 0) is 16.0 Å². The molecule has 1 aliphatic rings. The van der Waals surface area contributed by atoms with Crippen LogP contribution in [0.5, 0.6) is 11.5 Å². The minimum Gasteiger partial charge on any atom is -0.494 e. The molecule has 1 heterocycles. The molecular weight excluding hydrogens is 428 g/mol. The number of carbonyl (C=O) groups is 1. The molecule has 0 aromatic heterocycles. The first-order valence-corrected chi connectivity index (χ1v) is 11.9. The Kier molecular flexibility index (Phi) is 8.80. The zero-order valence-electron chi connectivity index (χ0n) is 19.4. The van der Waals surface area contributed by atoms with E-state index < -0.39 is 0 Å². The number of benzene rings is 3. The lowest BCUT2D eigenvalue weighted by Crippen LogP contribution is -2.21. The summed E-state index contributed by atoms with van der Waals surface area (Å²) in [6, 6.07) is 25.5. The first-order valence-electron chi connectivity index (χ1n) is 11.9. The van der Waals surface area contributed by atoms with Gasteiger partial charge in [-0.3, -0.25) is 4.79 Å². The van der Waals surface area contributed by atoms with Crippen LogP contribution in [0.2, 0.25) is 0 Å². The van der Waals surface area contributed by atoms with Gasteiger partial charge in [0.05, 0.1) is 19.3 Å². The fraction of sp³-hybridized carbons (Fsp3) is 0.321. The number of ether oxygens (including phenoxy) is 3. The molecule has 2 N–H and O–H groups in total. The minimum atomic E-state index is -0.134. The third-order valence-electron chi connectivity index (χ3n) is 5.59. The highest BCUT2D eigenvalue weighted by Crippen LogP contribution is 2.20. The lowest BCUT2D eigenvalue weighted by molar-refractivity contribution is -0.114. The molecule has 178 valence electrons. The molecule has 0 radical (unpaired) electrons. The summed E-state index contributed by atoms with van der Waals surface area (Å²) in [7, 11) is 0. The van der Waals surface area contributed by atoms with Crippen molar-refractivity contribution in [1.29, 1.82) is 0 Å². The Hall–Kier alpha value is -3.51. The third-order valence-corrected chi connectivity index (χ3v) is 5.59. The second-order valence-corrected chi connectivity index (χ2v) is 8.34. The lowest BCUT2D eigenvalue weighted by Gasteiger charge is -2.13. The summed E-state index contributed by atoms with van der Waals surface area (Å²) >= 11 is 0. The van der Waals surface area contributed by atoms with Crippen molar-refractivity contribution in [2.45, 2.75) is 31.8 Å². The molecule has 1 unspecified atom stereocenters. The van der Waals surface area contributed by atoms with Gasteiger partial charge in [-0.05, 0) is 55.5 Å². The Bertz CT molecular complexity index is 1040. The largest absolute Gasteiger partial charge is 0.494 e. The highest BCUT2D eigenvalue weighted by atomic mass is 16.5. The molecular formula is C28H32N2O4. The van der Waals surface area contributed by atoms with Crippen molar-refractivity contribution in [1.82, 2.24) is 0 Å². The number of rotatable bonds is 12. The van der Waals surface area contributed by atoms with Crippen molar-refractivity contribution in [3.05, 3.63) is 84.4 Å². The van der Waals surface area contributed by atoms with Crippen molar-refractivity contribution in [2.75, 3.05) is 37.0 Å². The summed E-state index contributed by atoms with van der Waals surface area (Å²) in [5.74, 6) is 1.37. The van der Waals surface area contributed by atoms with E-state index in [1.807, 2.05) is 54.6 Å². The van der Waals surface area contributed by atoms with Crippen LogP contribution in [0.15, 0.2) is 78.9 Å². The normalized spacial score (nSPS) is 15.0. The summed E-state index contributed by atoms with van der Waals surface area (Å²) in [6.07, 6.45) is 4.20. The van der Waals surface area contributed by atoms with Crippen molar-refractivity contribution in [3.8, 4) is 11.5 Å². The Labute approximate surface area is 201 Å². The Morgan fingerprint density at radius 2 is 1.68 bits per heavy atom. The zero-order valence-corrected chi connectivity index (χ0v) is 19.4. The predicted molar refractivity (Wildman–Crippen MR) is 135 cm³/mol. The van der Waals surface area contributed by atoms with Crippen LogP contribution < -0.4 is 20.1 Å². The highest BCUT2D eigenvalue weighted by Gasteiger charge is 2.16. The quantitative estimate of drug-likeness (QED) is 0.359. The van der Waals surface area contributed by atoms with Gasteiger partial charge in [0.15, 0.2) is 0 Å². The number of aryl methyl sites for hydroxylation is 1. The molecule has 1 aliphatic heterocycles. The number of anilines is 2. The maximum absolute atomic E-state index is 12.4. The second-order valence-electron chi connectivity index (χ2n) is 8.34. The van der Waals surface area contributed by atoms with E-state index in [2.05, 4.69) is 34.9 Å². The SMILES string of the molecule is O=C(CNc1cccc(OCCCc2ccccc2)c1)Nc1cccc(OCC2CCCO2)c1. The average Bonchev–Trinajstić information content (AvgIpc) is 3.39. The fourth-order valence-electron chi connectivity index (χ4n) is 3.82. The van der Waals surface area contributed by atoms with E-state index in [4.69, 9.17) is 14.2 Å². The maximum atomic E-state index is 12.4. The first-order chi connectivity index (χ1) is 16.7. The van der Waals surface area contributed by atoms with E-state index in [9.17, 15) is 4.79 Å². The molecule has 4 rings (SSSR count). The van der Waals surface area contributed by atoms with Crippen LogP contribution in [0, 0.1) is 0 Å². The lowest BCUT2D eigenvalue weighted by atomic mass is 10.1. The summed E-state index contributed by atoms with van der Waals surface area (Å²) in [4.78, 5) is 12.4. The van der Waals surface area contributed by atoms with Gasteiger partial charge >= 0.3 is 0 Å². The molecule has 34 heavy (non-hydrogen) atoms. The van der Waals surface area contributed by atoms with Gasteiger partial charge in [-0.15, -0.1) is 0 Å². The Balaban J connectivity index is 1.18. The molecule has 0 spiro atoms. The number of carbonyl (C=O) groups excluding carboxylic acids is 1. The van der Waals surface area contributed by atoms with E-state index >= 15 is 0 Å². The van der Waals surface area contributed by atoms with Crippen LogP contribution in [0.25, 0.3) is 0 Å². The van der Waals surface area contributed by atoms with Gasteiger partial charge in [0.1, 0.15) is 18.1 Å². The number of amides is 1. The van der Waals surface area contributed by atoms with E-state index in [0.717, 1.165) is 49.5 Å². The van der Waals surface area contributed by atoms with Crippen molar-refractivity contribution < 1.29 is 19.0 Å².